The minimum Gasteiger partial charge on any atom is -0.338 e. The predicted molar refractivity (Wildman–Crippen MR) is 129 cm³/mol. The van der Waals surface area contributed by atoms with Crippen molar-refractivity contribution in [1.82, 2.24) is 14.7 Å². The number of amides is 3. The second kappa shape index (κ2) is 9.61. The number of hydrogen-bond acceptors (Lipinski definition) is 4. The van der Waals surface area contributed by atoms with Crippen molar-refractivity contribution in [2.45, 2.75) is 19.0 Å². The number of imide groups is 1. The van der Waals surface area contributed by atoms with E-state index in [9.17, 15) is 14.4 Å². The smallest absolute Gasteiger partial charge is 0.262 e. The van der Waals surface area contributed by atoms with Gasteiger partial charge in [-0.3, -0.25) is 24.2 Å². The lowest BCUT2D eigenvalue weighted by Crippen LogP contribution is -2.56. The number of fused-ring (bicyclic) bond motifs is 1. The molecule has 0 aromatic heterocycles. The molecular formula is C28H27N3O3. The average Bonchev–Trinajstić information content (AvgIpc) is 3.14. The van der Waals surface area contributed by atoms with Crippen LogP contribution in [0.15, 0.2) is 84.9 Å². The van der Waals surface area contributed by atoms with E-state index in [0.717, 1.165) is 25.2 Å². The van der Waals surface area contributed by atoms with E-state index in [0.29, 0.717) is 30.6 Å². The second-order valence-corrected chi connectivity index (χ2v) is 8.82. The number of nitrogens with zero attached hydrogens (tertiary/aromatic N) is 3. The third kappa shape index (κ3) is 4.37. The Labute approximate surface area is 199 Å². The fraction of sp³-hybridized carbons (Fsp3) is 0.250. The number of rotatable bonds is 6. The van der Waals surface area contributed by atoms with Crippen molar-refractivity contribution < 1.29 is 14.4 Å². The quantitative estimate of drug-likeness (QED) is 0.538. The van der Waals surface area contributed by atoms with Crippen LogP contribution in [0.3, 0.4) is 0 Å². The molecule has 2 aliphatic rings. The van der Waals surface area contributed by atoms with Gasteiger partial charge in [-0.25, -0.2) is 0 Å². The van der Waals surface area contributed by atoms with E-state index in [1.807, 2.05) is 48.5 Å². The van der Waals surface area contributed by atoms with Gasteiger partial charge in [0.15, 0.2) is 0 Å². The van der Waals surface area contributed by atoms with E-state index in [1.54, 1.807) is 29.2 Å². The molecule has 1 saturated heterocycles. The lowest BCUT2D eigenvalue weighted by atomic mass is 10.0. The van der Waals surface area contributed by atoms with Crippen molar-refractivity contribution >= 4 is 17.7 Å². The van der Waals surface area contributed by atoms with Crippen molar-refractivity contribution in [3.05, 3.63) is 107 Å². The fourth-order valence-electron chi connectivity index (χ4n) is 4.80. The lowest BCUT2D eigenvalue weighted by Gasteiger charge is -2.38. The van der Waals surface area contributed by atoms with Gasteiger partial charge in [-0.05, 0) is 23.3 Å². The molecule has 1 atom stereocenters. The van der Waals surface area contributed by atoms with Gasteiger partial charge >= 0.3 is 0 Å². The van der Waals surface area contributed by atoms with Crippen molar-refractivity contribution in [2.24, 2.45) is 0 Å². The highest BCUT2D eigenvalue weighted by atomic mass is 16.2. The maximum absolute atomic E-state index is 13.8. The largest absolute Gasteiger partial charge is 0.338 e. The monoisotopic (exact) mass is 453 g/mol. The molecule has 0 unspecified atom stereocenters. The normalized spacial score (nSPS) is 17.1. The molecule has 5 rings (SSSR count). The van der Waals surface area contributed by atoms with E-state index >= 15 is 0 Å². The van der Waals surface area contributed by atoms with Gasteiger partial charge in [0.25, 0.3) is 11.8 Å². The summed E-state index contributed by atoms with van der Waals surface area (Å²) >= 11 is 0. The summed E-state index contributed by atoms with van der Waals surface area (Å²) in [5, 5.41) is 0. The molecule has 2 aliphatic heterocycles. The standard InChI is InChI=1S/C28H27N3O3/c32-26-23-13-7-8-14-24(23)27(33)31(26)25(19-21-9-3-1-4-10-21)28(34)30-17-15-29(16-18-30)20-22-11-5-2-6-12-22/h1-14,25H,15-20H2/t25-/m0/s1. The zero-order valence-electron chi connectivity index (χ0n) is 19.0. The molecule has 34 heavy (non-hydrogen) atoms. The SMILES string of the molecule is O=C([C@H](Cc1ccccc1)N1C(=O)c2ccccc2C1=O)N1CCN(Cc2ccccc2)CC1. The summed E-state index contributed by atoms with van der Waals surface area (Å²) in [7, 11) is 0. The molecule has 0 spiro atoms. The third-order valence-electron chi connectivity index (χ3n) is 6.63. The van der Waals surface area contributed by atoms with Crippen LogP contribution in [-0.2, 0) is 17.8 Å². The van der Waals surface area contributed by atoms with Gasteiger partial charge in [0.05, 0.1) is 11.1 Å². The van der Waals surface area contributed by atoms with Crippen molar-refractivity contribution in [3.8, 4) is 0 Å². The molecular weight excluding hydrogens is 426 g/mol. The Morgan fingerprint density at radius 1 is 0.676 bits per heavy atom. The number of hydrogen-bond donors (Lipinski definition) is 0. The molecule has 3 amide bonds. The highest BCUT2D eigenvalue weighted by molar-refractivity contribution is 6.22. The van der Waals surface area contributed by atoms with Gasteiger partial charge in [0, 0.05) is 39.1 Å². The van der Waals surface area contributed by atoms with Crippen LogP contribution in [0, 0.1) is 0 Å². The van der Waals surface area contributed by atoms with Crippen molar-refractivity contribution in [2.75, 3.05) is 26.2 Å². The first-order valence-electron chi connectivity index (χ1n) is 11.7. The molecule has 0 aliphatic carbocycles. The van der Waals surface area contributed by atoms with Gasteiger partial charge in [0.1, 0.15) is 6.04 Å². The minimum absolute atomic E-state index is 0.169. The number of carbonyl (C=O) groups excluding carboxylic acids is 3. The highest BCUT2D eigenvalue weighted by Crippen LogP contribution is 2.27. The van der Waals surface area contributed by atoms with Gasteiger partial charge in [-0.2, -0.15) is 0 Å². The first kappa shape index (κ1) is 22.0. The van der Waals surface area contributed by atoms with Crippen LogP contribution >= 0.6 is 0 Å². The van der Waals surface area contributed by atoms with Gasteiger partial charge < -0.3 is 4.90 Å². The zero-order chi connectivity index (χ0) is 23.5. The van der Waals surface area contributed by atoms with E-state index in [2.05, 4.69) is 17.0 Å². The molecule has 2 heterocycles. The molecule has 0 bridgehead atoms. The van der Waals surface area contributed by atoms with Crippen LogP contribution in [0.2, 0.25) is 0 Å². The maximum Gasteiger partial charge on any atom is 0.262 e. The van der Waals surface area contributed by atoms with Gasteiger partial charge in [0.2, 0.25) is 5.91 Å². The van der Waals surface area contributed by atoms with Gasteiger partial charge in [-0.1, -0.05) is 72.8 Å². The highest BCUT2D eigenvalue weighted by Gasteiger charge is 2.44. The molecule has 0 radical (unpaired) electrons. The summed E-state index contributed by atoms with van der Waals surface area (Å²) in [6.07, 6.45) is 0.301. The van der Waals surface area contributed by atoms with Crippen LogP contribution < -0.4 is 0 Å². The molecule has 172 valence electrons. The summed E-state index contributed by atoms with van der Waals surface area (Å²) in [6.45, 7) is 3.48. The van der Waals surface area contributed by atoms with Crippen LogP contribution in [0.4, 0.5) is 0 Å². The Morgan fingerprint density at radius 2 is 1.18 bits per heavy atom. The average molecular weight is 454 g/mol. The first-order chi connectivity index (χ1) is 16.6. The van der Waals surface area contributed by atoms with Crippen LogP contribution in [-0.4, -0.2) is 64.6 Å². The molecule has 6 nitrogen and oxygen atoms in total. The summed E-state index contributed by atoms with van der Waals surface area (Å²) in [4.78, 5) is 45.5. The van der Waals surface area contributed by atoms with E-state index in [-0.39, 0.29) is 5.91 Å². The number of carbonyl (C=O) groups is 3. The summed E-state index contributed by atoms with van der Waals surface area (Å²) < 4.78 is 0. The molecule has 6 heteroatoms. The minimum atomic E-state index is -0.865. The number of benzene rings is 3. The zero-order valence-corrected chi connectivity index (χ0v) is 19.0. The maximum atomic E-state index is 13.8. The van der Waals surface area contributed by atoms with Crippen molar-refractivity contribution in [3.63, 3.8) is 0 Å². The summed E-state index contributed by atoms with van der Waals surface area (Å²) in [5.41, 5.74) is 2.90. The van der Waals surface area contributed by atoms with E-state index in [4.69, 9.17) is 0 Å². The number of piperazine rings is 1. The predicted octanol–water partition coefficient (Wildman–Crippen LogP) is 3.24. The Kier molecular flexibility index (Phi) is 6.23. The van der Waals surface area contributed by atoms with Crippen molar-refractivity contribution in [1.29, 1.82) is 0 Å². The second-order valence-electron chi connectivity index (χ2n) is 8.82. The third-order valence-corrected chi connectivity index (χ3v) is 6.63. The van der Waals surface area contributed by atoms with E-state index < -0.39 is 17.9 Å². The van der Waals surface area contributed by atoms with Crippen LogP contribution in [0.5, 0.6) is 0 Å². The lowest BCUT2D eigenvalue weighted by molar-refractivity contribution is -0.137. The molecule has 0 N–H and O–H groups in total. The van der Waals surface area contributed by atoms with Crippen LogP contribution in [0.1, 0.15) is 31.8 Å². The Bertz CT molecular complexity index is 1150. The van der Waals surface area contributed by atoms with E-state index in [1.165, 1.54) is 10.5 Å². The topological polar surface area (TPSA) is 60.9 Å². The summed E-state index contributed by atoms with van der Waals surface area (Å²) in [5.74, 6) is -0.951. The molecule has 1 fully saturated rings. The Hall–Kier alpha value is -3.77. The Morgan fingerprint density at radius 3 is 1.74 bits per heavy atom. The van der Waals surface area contributed by atoms with Gasteiger partial charge in [-0.15, -0.1) is 0 Å². The molecule has 0 saturated carbocycles. The first-order valence-corrected chi connectivity index (χ1v) is 11.7. The summed E-state index contributed by atoms with van der Waals surface area (Å²) in [6, 6.07) is 25.8. The Balaban J connectivity index is 1.34. The fourth-order valence-corrected chi connectivity index (χ4v) is 4.80. The van der Waals surface area contributed by atoms with Crippen LogP contribution in [0.25, 0.3) is 0 Å². The molecule has 3 aromatic carbocycles. The molecule has 3 aromatic rings.